The van der Waals surface area contributed by atoms with Crippen LogP contribution in [0.3, 0.4) is 0 Å². The molecule has 1 aromatic rings. The van der Waals surface area contributed by atoms with E-state index in [-0.39, 0.29) is 0 Å². The highest BCUT2D eigenvalue weighted by molar-refractivity contribution is 5.09. The third kappa shape index (κ3) is 4.47. The fourth-order valence-electron chi connectivity index (χ4n) is 2.41. The van der Waals surface area contributed by atoms with Gasteiger partial charge < -0.3 is 5.32 Å². The van der Waals surface area contributed by atoms with Gasteiger partial charge in [-0.3, -0.25) is 4.98 Å². The molecule has 1 aliphatic rings. The third-order valence-corrected chi connectivity index (χ3v) is 3.58. The smallest absolute Gasteiger partial charge is 0.0270 e. The van der Waals surface area contributed by atoms with Crippen LogP contribution in [0.1, 0.15) is 44.6 Å². The molecule has 2 rings (SSSR count). The van der Waals surface area contributed by atoms with E-state index in [1.54, 1.807) is 0 Å². The molecule has 0 amide bonds. The number of hydrogen-bond donors (Lipinski definition) is 1. The van der Waals surface area contributed by atoms with E-state index in [0.29, 0.717) is 0 Å². The molecule has 2 heteroatoms. The molecule has 17 heavy (non-hydrogen) atoms. The van der Waals surface area contributed by atoms with Gasteiger partial charge in [0.05, 0.1) is 0 Å². The summed E-state index contributed by atoms with van der Waals surface area (Å²) in [5, 5.41) is 3.71. The van der Waals surface area contributed by atoms with E-state index in [4.69, 9.17) is 0 Å². The second kappa shape index (κ2) is 6.75. The highest BCUT2D eigenvalue weighted by Gasteiger charge is 2.29. The van der Waals surface area contributed by atoms with Gasteiger partial charge in [-0.15, -0.1) is 0 Å². The predicted molar refractivity (Wildman–Crippen MR) is 72.0 cm³/mol. The molecule has 1 aliphatic carbocycles. The molecular formula is C15H24N2. The van der Waals surface area contributed by atoms with Crippen molar-refractivity contribution < 1.29 is 0 Å². The first-order chi connectivity index (χ1) is 8.40. The van der Waals surface area contributed by atoms with Crippen molar-refractivity contribution in [2.75, 3.05) is 6.54 Å². The van der Waals surface area contributed by atoms with Crippen LogP contribution < -0.4 is 5.32 Å². The van der Waals surface area contributed by atoms with Gasteiger partial charge in [-0.05, 0) is 68.7 Å². The van der Waals surface area contributed by atoms with Crippen LogP contribution in [0.25, 0.3) is 0 Å². The minimum Gasteiger partial charge on any atom is -0.314 e. The first-order valence-electron chi connectivity index (χ1n) is 7.02. The molecule has 2 nitrogen and oxygen atoms in total. The topological polar surface area (TPSA) is 24.9 Å². The van der Waals surface area contributed by atoms with Crippen LogP contribution in [0.5, 0.6) is 0 Å². The van der Waals surface area contributed by atoms with Crippen LogP contribution in [0.2, 0.25) is 0 Å². The normalized spacial score (nSPS) is 17.0. The Bertz CT molecular complexity index is 306. The predicted octanol–water partition coefficient (Wildman–Crippen LogP) is 3.18. The maximum absolute atomic E-state index is 4.05. The largest absolute Gasteiger partial charge is 0.314 e. The monoisotopic (exact) mass is 232 g/mol. The SMILES string of the molecule is CCCNC(CCCc1ccncc1)C1CC1. The van der Waals surface area contributed by atoms with Crippen molar-refractivity contribution in [3.63, 3.8) is 0 Å². The number of nitrogens with one attached hydrogen (secondary N) is 1. The van der Waals surface area contributed by atoms with E-state index in [2.05, 4.69) is 29.4 Å². The average molecular weight is 232 g/mol. The minimum atomic E-state index is 0.775. The second-order valence-electron chi connectivity index (χ2n) is 5.15. The van der Waals surface area contributed by atoms with Crippen LogP contribution in [0.15, 0.2) is 24.5 Å². The highest BCUT2D eigenvalue weighted by atomic mass is 14.9. The molecule has 0 bridgehead atoms. The summed E-state index contributed by atoms with van der Waals surface area (Å²) < 4.78 is 0. The number of hydrogen-bond acceptors (Lipinski definition) is 2. The third-order valence-electron chi connectivity index (χ3n) is 3.58. The van der Waals surface area contributed by atoms with E-state index in [1.807, 2.05) is 12.4 Å². The van der Waals surface area contributed by atoms with Gasteiger partial charge in [-0.25, -0.2) is 0 Å². The zero-order chi connectivity index (χ0) is 11.9. The molecular weight excluding hydrogens is 208 g/mol. The van der Waals surface area contributed by atoms with Crippen LogP contribution in [-0.4, -0.2) is 17.6 Å². The second-order valence-corrected chi connectivity index (χ2v) is 5.15. The molecule has 1 fully saturated rings. The Kier molecular flexibility index (Phi) is 4.99. The fraction of sp³-hybridized carbons (Fsp3) is 0.667. The van der Waals surface area contributed by atoms with E-state index in [1.165, 1.54) is 50.6 Å². The summed E-state index contributed by atoms with van der Waals surface area (Å²) in [4.78, 5) is 4.05. The van der Waals surface area contributed by atoms with E-state index in [0.717, 1.165) is 12.0 Å². The van der Waals surface area contributed by atoms with Gasteiger partial charge in [0.25, 0.3) is 0 Å². The summed E-state index contributed by atoms with van der Waals surface area (Å²) in [7, 11) is 0. The summed E-state index contributed by atoms with van der Waals surface area (Å²) in [5.41, 5.74) is 1.42. The summed E-state index contributed by atoms with van der Waals surface area (Å²) in [6.45, 7) is 3.42. The molecule has 0 aromatic carbocycles. The lowest BCUT2D eigenvalue weighted by molar-refractivity contribution is 0.425. The van der Waals surface area contributed by atoms with Gasteiger partial charge in [0.2, 0.25) is 0 Å². The molecule has 0 saturated heterocycles. The molecule has 0 spiro atoms. The van der Waals surface area contributed by atoms with Gasteiger partial charge in [0, 0.05) is 18.4 Å². The van der Waals surface area contributed by atoms with E-state index < -0.39 is 0 Å². The summed E-state index contributed by atoms with van der Waals surface area (Å²) >= 11 is 0. The van der Waals surface area contributed by atoms with Gasteiger partial charge in [0.1, 0.15) is 0 Å². The molecule has 1 saturated carbocycles. The number of aromatic nitrogens is 1. The van der Waals surface area contributed by atoms with Crippen molar-refractivity contribution in [1.82, 2.24) is 10.3 Å². The Balaban J connectivity index is 1.68. The van der Waals surface area contributed by atoms with Gasteiger partial charge in [-0.1, -0.05) is 6.92 Å². The van der Waals surface area contributed by atoms with Crippen molar-refractivity contribution >= 4 is 0 Å². The quantitative estimate of drug-likeness (QED) is 0.744. The van der Waals surface area contributed by atoms with Crippen molar-refractivity contribution in [1.29, 1.82) is 0 Å². The Morgan fingerprint density at radius 1 is 1.35 bits per heavy atom. The number of nitrogens with zero attached hydrogens (tertiary/aromatic N) is 1. The average Bonchev–Trinajstić information content (AvgIpc) is 3.19. The number of pyridine rings is 1. The highest BCUT2D eigenvalue weighted by Crippen LogP contribution is 2.34. The van der Waals surface area contributed by atoms with Crippen LogP contribution >= 0.6 is 0 Å². The van der Waals surface area contributed by atoms with Gasteiger partial charge in [0.15, 0.2) is 0 Å². The number of aryl methyl sites for hydroxylation is 1. The minimum absolute atomic E-state index is 0.775. The van der Waals surface area contributed by atoms with Crippen molar-refractivity contribution in [2.45, 2.75) is 51.5 Å². The lowest BCUT2D eigenvalue weighted by Crippen LogP contribution is -2.31. The Morgan fingerprint density at radius 3 is 2.76 bits per heavy atom. The maximum Gasteiger partial charge on any atom is 0.0270 e. The van der Waals surface area contributed by atoms with Crippen LogP contribution in [-0.2, 0) is 6.42 Å². The Labute approximate surface area is 105 Å². The molecule has 1 aromatic heterocycles. The Morgan fingerprint density at radius 2 is 2.12 bits per heavy atom. The van der Waals surface area contributed by atoms with Crippen molar-refractivity contribution in [3.8, 4) is 0 Å². The lowest BCUT2D eigenvalue weighted by Gasteiger charge is -2.17. The standard InChI is InChI=1S/C15H24N2/c1-2-10-17-15(14-6-7-14)5-3-4-13-8-11-16-12-9-13/h8-9,11-12,14-15,17H,2-7,10H2,1H3. The summed E-state index contributed by atoms with van der Waals surface area (Å²) in [5.74, 6) is 0.971. The molecule has 1 N–H and O–H groups in total. The van der Waals surface area contributed by atoms with Crippen molar-refractivity contribution in [2.24, 2.45) is 5.92 Å². The van der Waals surface area contributed by atoms with Crippen molar-refractivity contribution in [3.05, 3.63) is 30.1 Å². The van der Waals surface area contributed by atoms with E-state index in [9.17, 15) is 0 Å². The summed E-state index contributed by atoms with van der Waals surface area (Å²) in [6.07, 6.45) is 11.7. The van der Waals surface area contributed by atoms with Gasteiger partial charge in [-0.2, -0.15) is 0 Å². The summed E-state index contributed by atoms with van der Waals surface area (Å²) in [6, 6.07) is 5.04. The van der Waals surface area contributed by atoms with Gasteiger partial charge >= 0.3 is 0 Å². The molecule has 0 aliphatic heterocycles. The molecule has 1 unspecified atom stereocenters. The van der Waals surface area contributed by atoms with E-state index >= 15 is 0 Å². The molecule has 1 heterocycles. The zero-order valence-corrected chi connectivity index (χ0v) is 10.9. The van der Waals surface area contributed by atoms with Crippen LogP contribution in [0.4, 0.5) is 0 Å². The fourth-order valence-corrected chi connectivity index (χ4v) is 2.41. The lowest BCUT2D eigenvalue weighted by atomic mass is 10.0. The first-order valence-corrected chi connectivity index (χ1v) is 7.02. The zero-order valence-electron chi connectivity index (χ0n) is 10.9. The number of rotatable bonds is 8. The first kappa shape index (κ1) is 12.6. The molecule has 1 atom stereocenters. The van der Waals surface area contributed by atoms with Crippen LogP contribution in [0, 0.1) is 5.92 Å². The maximum atomic E-state index is 4.05. The molecule has 94 valence electrons. The molecule has 0 radical (unpaired) electrons. The Hall–Kier alpha value is -0.890.